The minimum atomic E-state index is -0.307. The summed E-state index contributed by atoms with van der Waals surface area (Å²) in [4.78, 5) is 24.7. The molecule has 3 heteroatoms. The van der Waals surface area contributed by atoms with Crippen molar-refractivity contribution in [2.24, 2.45) is 0 Å². The van der Waals surface area contributed by atoms with Crippen LogP contribution in [0.15, 0.2) is 60.7 Å². The van der Waals surface area contributed by atoms with Crippen LogP contribution >= 0.6 is 0 Å². The molecule has 1 atom stereocenters. The summed E-state index contributed by atoms with van der Waals surface area (Å²) < 4.78 is 5.71. The average Bonchev–Trinajstić information content (AvgIpc) is 2.70. The van der Waals surface area contributed by atoms with Crippen molar-refractivity contribution in [3.63, 3.8) is 0 Å². The predicted octanol–water partition coefficient (Wildman–Crippen LogP) is 5.85. The van der Waals surface area contributed by atoms with Gasteiger partial charge in [0, 0.05) is 12.0 Å². The lowest BCUT2D eigenvalue weighted by Gasteiger charge is -2.18. The average molecular weight is 352 g/mol. The molecule has 0 radical (unpaired) electrons. The van der Waals surface area contributed by atoms with Crippen LogP contribution in [-0.2, 0) is 4.74 Å². The third-order valence-electron chi connectivity index (χ3n) is 4.45. The zero-order valence-corrected chi connectivity index (χ0v) is 15.5. The molecule has 0 amide bonds. The molecule has 3 nitrogen and oxygen atoms in total. The maximum absolute atomic E-state index is 12.4. The van der Waals surface area contributed by atoms with E-state index in [1.165, 1.54) is 12.8 Å². The SMILES string of the molecule is CCCCCCC(CCC(=O)c1ccccc1)OC(=O)c1ccccc1. The Balaban J connectivity index is 1.91. The lowest BCUT2D eigenvalue weighted by Crippen LogP contribution is -2.20. The first kappa shape index (κ1) is 19.9. The van der Waals surface area contributed by atoms with E-state index in [2.05, 4.69) is 6.92 Å². The molecule has 0 aliphatic carbocycles. The van der Waals surface area contributed by atoms with Gasteiger partial charge in [-0.05, 0) is 31.4 Å². The van der Waals surface area contributed by atoms with Gasteiger partial charge in [0.15, 0.2) is 5.78 Å². The van der Waals surface area contributed by atoms with Crippen LogP contribution in [0.1, 0.15) is 72.6 Å². The smallest absolute Gasteiger partial charge is 0.338 e. The number of unbranched alkanes of at least 4 members (excludes halogenated alkanes) is 3. The van der Waals surface area contributed by atoms with Crippen LogP contribution in [0.2, 0.25) is 0 Å². The number of carbonyl (C=O) groups is 2. The van der Waals surface area contributed by atoms with Crippen molar-refractivity contribution < 1.29 is 14.3 Å². The van der Waals surface area contributed by atoms with Crippen molar-refractivity contribution in [1.29, 1.82) is 0 Å². The van der Waals surface area contributed by atoms with Gasteiger partial charge in [0.25, 0.3) is 0 Å². The van der Waals surface area contributed by atoms with Crippen LogP contribution in [0.4, 0.5) is 0 Å². The molecular formula is C23H28O3. The van der Waals surface area contributed by atoms with E-state index in [0.717, 1.165) is 19.3 Å². The summed E-state index contributed by atoms with van der Waals surface area (Å²) in [5.74, 6) is -0.210. The third-order valence-corrected chi connectivity index (χ3v) is 4.45. The summed E-state index contributed by atoms with van der Waals surface area (Å²) in [6.07, 6.45) is 6.04. The molecule has 0 spiro atoms. The Morgan fingerprint density at radius 2 is 1.42 bits per heavy atom. The van der Waals surface area contributed by atoms with E-state index in [1.54, 1.807) is 12.1 Å². The number of rotatable bonds is 11. The quantitative estimate of drug-likeness (QED) is 0.290. The van der Waals surface area contributed by atoms with Crippen molar-refractivity contribution in [3.05, 3.63) is 71.8 Å². The zero-order valence-electron chi connectivity index (χ0n) is 15.5. The first-order valence-electron chi connectivity index (χ1n) is 9.55. The number of ketones is 1. The molecule has 0 fully saturated rings. The molecule has 2 aromatic rings. The van der Waals surface area contributed by atoms with Crippen LogP contribution in [0.25, 0.3) is 0 Å². The van der Waals surface area contributed by atoms with E-state index < -0.39 is 0 Å². The highest BCUT2D eigenvalue weighted by Gasteiger charge is 2.17. The van der Waals surface area contributed by atoms with Crippen molar-refractivity contribution in [1.82, 2.24) is 0 Å². The lowest BCUT2D eigenvalue weighted by atomic mass is 10.0. The monoisotopic (exact) mass is 352 g/mol. The molecule has 0 saturated heterocycles. The third kappa shape index (κ3) is 6.83. The predicted molar refractivity (Wildman–Crippen MR) is 104 cm³/mol. The number of hydrogen-bond acceptors (Lipinski definition) is 3. The topological polar surface area (TPSA) is 43.4 Å². The van der Waals surface area contributed by atoms with Crippen molar-refractivity contribution in [2.75, 3.05) is 0 Å². The molecule has 0 aliphatic rings. The van der Waals surface area contributed by atoms with Gasteiger partial charge in [0.2, 0.25) is 0 Å². The molecule has 0 N–H and O–H groups in total. The highest BCUT2D eigenvalue weighted by Crippen LogP contribution is 2.17. The van der Waals surface area contributed by atoms with Gasteiger partial charge in [0.1, 0.15) is 6.10 Å². The molecule has 2 rings (SSSR count). The maximum Gasteiger partial charge on any atom is 0.338 e. The van der Waals surface area contributed by atoms with Gasteiger partial charge in [0.05, 0.1) is 5.56 Å². The van der Waals surface area contributed by atoms with Gasteiger partial charge in [-0.2, -0.15) is 0 Å². The van der Waals surface area contributed by atoms with Gasteiger partial charge in [-0.25, -0.2) is 4.79 Å². The van der Waals surface area contributed by atoms with Gasteiger partial charge in [-0.3, -0.25) is 4.79 Å². The van der Waals surface area contributed by atoms with Crippen LogP contribution in [0, 0.1) is 0 Å². The largest absolute Gasteiger partial charge is 0.459 e. The fourth-order valence-corrected chi connectivity index (χ4v) is 2.92. The number of esters is 1. The van der Waals surface area contributed by atoms with Gasteiger partial charge in [-0.15, -0.1) is 0 Å². The Kier molecular flexibility index (Phi) is 8.61. The van der Waals surface area contributed by atoms with E-state index in [0.29, 0.717) is 24.0 Å². The molecule has 0 heterocycles. The summed E-state index contributed by atoms with van der Waals surface area (Å²) in [6, 6.07) is 18.3. The van der Waals surface area contributed by atoms with Gasteiger partial charge < -0.3 is 4.74 Å². The number of hydrogen-bond donors (Lipinski definition) is 0. The number of ether oxygens (including phenoxy) is 1. The number of Topliss-reactive ketones (excluding diaryl/α,β-unsaturated/α-hetero) is 1. The molecule has 0 aliphatic heterocycles. The lowest BCUT2D eigenvalue weighted by molar-refractivity contribution is 0.0248. The van der Waals surface area contributed by atoms with Crippen LogP contribution in [0.5, 0.6) is 0 Å². The highest BCUT2D eigenvalue weighted by atomic mass is 16.5. The molecule has 0 saturated carbocycles. The molecule has 0 aromatic heterocycles. The molecule has 26 heavy (non-hydrogen) atoms. The van der Waals surface area contributed by atoms with E-state index in [9.17, 15) is 9.59 Å². The Labute approximate surface area is 156 Å². The Morgan fingerprint density at radius 3 is 2.04 bits per heavy atom. The van der Waals surface area contributed by atoms with Gasteiger partial charge in [-0.1, -0.05) is 74.7 Å². The van der Waals surface area contributed by atoms with E-state index >= 15 is 0 Å². The summed E-state index contributed by atoms with van der Waals surface area (Å²) in [7, 11) is 0. The molecule has 1 unspecified atom stereocenters. The van der Waals surface area contributed by atoms with E-state index in [1.807, 2.05) is 48.5 Å². The second kappa shape index (κ2) is 11.2. The Bertz CT molecular complexity index is 664. The highest BCUT2D eigenvalue weighted by molar-refractivity contribution is 5.96. The van der Waals surface area contributed by atoms with Crippen molar-refractivity contribution in [2.45, 2.75) is 58.0 Å². The fourth-order valence-electron chi connectivity index (χ4n) is 2.92. The standard InChI is InChI=1S/C23H28O3/c1-2-3-4-11-16-21(26-23(25)20-14-9-6-10-15-20)17-18-22(24)19-12-7-5-8-13-19/h5-10,12-15,21H,2-4,11,16-18H2,1H3. The Hall–Kier alpha value is -2.42. The summed E-state index contributed by atoms with van der Waals surface area (Å²) in [6.45, 7) is 2.17. The molecule has 138 valence electrons. The number of carbonyl (C=O) groups excluding carboxylic acids is 2. The fraction of sp³-hybridized carbons (Fsp3) is 0.391. The second-order valence-corrected chi connectivity index (χ2v) is 6.57. The van der Waals surface area contributed by atoms with Crippen molar-refractivity contribution >= 4 is 11.8 Å². The summed E-state index contributed by atoms with van der Waals surface area (Å²) in [5.41, 5.74) is 1.27. The second-order valence-electron chi connectivity index (χ2n) is 6.57. The summed E-state index contributed by atoms with van der Waals surface area (Å²) in [5, 5.41) is 0. The minimum absolute atomic E-state index is 0.0971. The van der Waals surface area contributed by atoms with Gasteiger partial charge >= 0.3 is 5.97 Å². The molecule has 2 aromatic carbocycles. The molecular weight excluding hydrogens is 324 g/mol. The first-order chi connectivity index (χ1) is 12.7. The van der Waals surface area contributed by atoms with E-state index in [-0.39, 0.29) is 17.9 Å². The van der Waals surface area contributed by atoms with Crippen LogP contribution in [-0.4, -0.2) is 17.9 Å². The zero-order chi connectivity index (χ0) is 18.6. The normalized spacial score (nSPS) is 11.7. The maximum atomic E-state index is 12.4. The van der Waals surface area contributed by atoms with Crippen LogP contribution < -0.4 is 0 Å². The minimum Gasteiger partial charge on any atom is -0.459 e. The Morgan fingerprint density at radius 1 is 0.808 bits per heavy atom. The summed E-state index contributed by atoms with van der Waals surface area (Å²) >= 11 is 0. The van der Waals surface area contributed by atoms with Crippen molar-refractivity contribution in [3.8, 4) is 0 Å². The first-order valence-corrected chi connectivity index (χ1v) is 9.55. The van der Waals surface area contributed by atoms with E-state index in [4.69, 9.17) is 4.74 Å². The molecule has 0 bridgehead atoms. The number of benzene rings is 2. The van der Waals surface area contributed by atoms with Crippen LogP contribution in [0.3, 0.4) is 0 Å².